The minimum atomic E-state index is -0.906. The lowest BCUT2D eigenvalue weighted by molar-refractivity contribution is -0.145. The molecule has 1 amide bonds. The van der Waals surface area contributed by atoms with E-state index in [1.165, 1.54) is 33.5 Å². The molecular formula is C21H22BrNO7. The smallest absolute Gasteiger partial charge is 0.338 e. The molecule has 160 valence electrons. The Kier molecular flexibility index (Phi) is 8.67. The quantitative estimate of drug-likeness (QED) is 0.551. The Bertz CT molecular complexity index is 876. The summed E-state index contributed by atoms with van der Waals surface area (Å²) in [6, 6.07) is 11.2. The number of methoxy groups -OCH3 is 3. The number of amides is 1. The van der Waals surface area contributed by atoms with E-state index in [0.717, 1.165) is 5.56 Å². The molecule has 0 heterocycles. The molecule has 1 unspecified atom stereocenters. The minimum absolute atomic E-state index is 0.147. The number of esters is 2. The van der Waals surface area contributed by atoms with Crippen molar-refractivity contribution in [2.24, 2.45) is 0 Å². The van der Waals surface area contributed by atoms with Gasteiger partial charge < -0.3 is 24.3 Å². The third kappa shape index (κ3) is 6.21. The third-order valence-corrected chi connectivity index (χ3v) is 4.90. The molecule has 30 heavy (non-hydrogen) atoms. The summed E-state index contributed by atoms with van der Waals surface area (Å²) in [5.74, 6) is -1.22. The van der Waals surface area contributed by atoms with Gasteiger partial charge in [0.2, 0.25) is 0 Å². The zero-order chi connectivity index (χ0) is 22.1. The maximum absolute atomic E-state index is 12.3. The van der Waals surface area contributed by atoms with Crippen LogP contribution in [0.2, 0.25) is 0 Å². The molecule has 2 rings (SSSR count). The van der Waals surface area contributed by atoms with Crippen molar-refractivity contribution in [2.45, 2.75) is 12.5 Å². The maximum atomic E-state index is 12.3. The van der Waals surface area contributed by atoms with Crippen LogP contribution in [-0.2, 0) is 25.5 Å². The second-order valence-corrected chi connectivity index (χ2v) is 6.90. The van der Waals surface area contributed by atoms with E-state index in [-0.39, 0.29) is 12.0 Å². The summed E-state index contributed by atoms with van der Waals surface area (Å²) in [4.78, 5) is 36.6. The van der Waals surface area contributed by atoms with Crippen LogP contribution < -0.4 is 14.8 Å². The Hall–Kier alpha value is -3.07. The van der Waals surface area contributed by atoms with Crippen LogP contribution in [0.15, 0.2) is 46.9 Å². The Morgan fingerprint density at radius 1 is 1.00 bits per heavy atom. The van der Waals surface area contributed by atoms with Gasteiger partial charge in [-0.1, -0.05) is 30.3 Å². The first-order valence-electron chi connectivity index (χ1n) is 8.89. The van der Waals surface area contributed by atoms with Gasteiger partial charge in [0, 0.05) is 6.42 Å². The standard InChI is InChI=1S/C21H22BrNO7/c1-27-16-10-14(11-17(28-2)19(16)22)20(25)30-12-18(24)23-15(21(26)29-3)9-13-7-5-4-6-8-13/h4-8,10-11,15H,9,12H2,1-3H3,(H,23,24). The van der Waals surface area contributed by atoms with Gasteiger partial charge in [-0.3, -0.25) is 4.79 Å². The van der Waals surface area contributed by atoms with Gasteiger partial charge >= 0.3 is 11.9 Å². The summed E-state index contributed by atoms with van der Waals surface area (Å²) in [5, 5.41) is 2.53. The third-order valence-electron chi connectivity index (χ3n) is 4.12. The van der Waals surface area contributed by atoms with Crippen LogP contribution in [0.4, 0.5) is 0 Å². The molecule has 0 spiro atoms. The van der Waals surface area contributed by atoms with Crippen LogP contribution in [0.3, 0.4) is 0 Å². The van der Waals surface area contributed by atoms with Crippen molar-refractivity contribution < 1.29 is 33.3 Å². The van der Waals surface area contributed by atoms with E-state index >= 15 is 0 Å². The van der Waals surface area contributed by atoms with E-state index in [1.54, 1.807) is 0 Å². The number of benzene rings is 2. The first-order chi connectivity index (χ1) is 14.4. The van der Waals surface area contributed by atoms with E-state index in [2.05, 4.69) is 21.2 Å². The molecule has 0 saturated heterocycles. The predicted molar refractivity (Wildman–Crippen MR) is 112 cm³/mol. The number of nitrogens with one attached hydrogen (secondary N) is 1. The van der Waals surface area contributed by atoms with Crippen LogP contribution in [0, 0.1) is 0 Å². The van der Waals surface area contributed by atoms with Gasteiger partial charge in [-0.2, -0.15) is 0 Å². The molecule has 2 aromatic carbocycles. The minimum Gasteiger partial charge on any atom is -0.495 e. The first kappa shape index (κ1) is 23.2. The molecule has 0 aliphatic heterocycles. The van der Waals surface area contributed by atoms with Crippen LogP contribution in [0.5, 0.6) is 11.5 Å². The Morgan fingerprint density at radius 2 is 1.60 bits per heavy atom. The van der Waals surface area contributed by atoms with Crippen molar-refractivity contribution >= 4 is 33.8 Å². The van der Waals surface area contributed by atoms with E-state index in [1.807, 2.05) is 30.3 Å². The zero-order valence-corrected chi connectivity index (χ0v) is 18.4. The Balaban J connectivity index is 2.01. The van der Waals surface area contributed by atoms with Gasteiger partial charge in [0.05, 0.1) is 26.9 Å². The highest BCUT2D eigenvalue weighted by Crippen LogP contribution is 2.35. The summed E-state index contributed by atoms with van der Waals surface area (Å²) in [6.45, 7) is -0.568. The molecule has 9 heteroatoms. The molecule has 0 aromatic heterocycles. The molecule has 0 bridgehead atoms. The molecule has 2 aromatic rings. The molecule has 8 nitrogen and oxygen atoms in total. The summed E-state index contributed by atoms with van der Waals surface area (Å²) < 4.78 is 20.7. The van der Waals surface area contributed by atoms with Crippen LogP contribution in [0.25, 0.3) is 0 Å². The van der Waals surface area contributed by atoms with Gasteiger partial charge in [-0.15, -0.1) is 0 Å². The average Bonchev–Trinajstić information content (AvgIpc) is 2.77. The first-order valence-corrected chi connectivity index (χ1v) is 9.68. The Morgan fingerprint density at radius 3 is 2.13 bits per heavy atom. The number of halogens is 1. The van der Waals surface area contributed by atoms with Crippen molar-refractivity contribution in [3.63, 3.8) is 0 Å². The largest absolute Gasteiger partial charge is 0.495 e. The molecule has 0 aliphatic carbocycles. The van der Waals surface area contributed by atoms with Gasteiger partial charge in [0.1, 0.15) is 22.0 Å². The van der Waals surface area contributed by atoms with Crippen LogP contribution in [-0.4, -0.2) is 51.8 Å². The Labute approximate surface area is 182 Å². The number of carbonyl (C=O) groups excluding carboxylic acids is 3. The van der Waals surface area contributed by atoms with E-state index in [9.17, 15) is 14.4 Å². The SMILES string of the molecule is COC(=O)C(Cc1ccccc1)NC(=O)COC(=O)c1cc(OC)c(Br)c(OC)c1. The van der Waals surface area contributed by atoms with E-state index in [0.29, 0.717) is 16.0 Å². The highest BCUT2D eigenvalue weighted by atomic mass is 79.9. The van der Waals surface area contributed by atoms with Crippen molar-refractivity contribution in [2.75, 3.05) is 27.9 Å². The maximum Gasteiger partial charge on any atom is 0.338 e. The second-order valence-electron chi connectivity index (χ2n) is 6.10. The van der Waals surface area contributed by atoms with Crippen LogP contribution >= 0.6 is 15.9 Å². The normalized spacial score (nSPS) is 11.2. The highest BCUT2D eigenvalue weighted by Gasteiger charge is 2.23. The van der Waals surface area contributed by atoms with Crippen molar-refractivity contribution in [3.05, 3.63) is 58.1 Å². The second kappa shape index (κ2) is 11.2. The van der Waals surface area contributed by atoms with Gasteiger partial charge in [0.25, 0.3) is 5.91 Å². The predicted octanol–water partition coefficient (Wildman–Crippen LogP) is 2.52. The van der Waals surface area contributed by atoms with Gasteiger partial charge in [-0.25, -0.2) is 9.59 Å². The topological polar surface area (TPSA) is 100 Å². The lowest BCUT2D eigenvalue weighted by Gasteiger charge is -2.17. The zero-order valence-electron chi connectivity index (χ0n) is 16.8. The molecule has 0 aliphatic rings. The van der Waals surface area contributed by atoms with Crippen molar-refractivity contribution in [1.29, 1.82) is 0 Å². The van der Waals surface area contributed by atoms with Crippen LogP contribution in [0.1, 0.15) is 15.9 Å². The molecular weight excluding hydrogens is 458 g/mol. The molecule has 0 radical (unpaired) electrons. The van der Waals surface area contributed by atoms with Gasteiger partial charge in [0.15, 0.2) is 6.61 Å². The summed E-state index contributed by atoms with van der Waals surface area (Å²) in [5.41, 5.74) is 0.993. The summed E-state index contributed by atoms with van der Waals surface area (Å²) >= 11 is 3.31. The molecule has 1 atom stereocenters. The lowest BCUT2D eigenvalue weighted by atomic mass is 10.1. The van der Waals surface area contributed by atoms with Crippen molar-refractivity contribution in [1.82, 2.24) is 5.32 Å². The number of hydrogen-bond donors (Lipinski definition) is 1. The molecule has 1 N–H and O–H groups in total. The number of carbonyl (C=O) groups is 3. The number of ether oxygens (including phenoxy) is 4. The average molecular weight is 480 g/mol. The van der Waals surface area contributed by atoms with Gasteiger partial charge in [-0.05, 0) is 33.6 Å². The van der Waals surface area contributed by atoms with E-state index < -0.39 is 30.5 Å². The fourth-order valence-corrected chi connectivity index (χ4v) is 3.18. The highest BCUT2D eigenvalue weighted by molar-refractivity contribution is 9.10. The van der Waals surface area contributed by atoms with E-state index in [4.69, 9.17) is 18.9 Å². The fourth-order valence-electron chi connectivity index (χ4n) is 2.62. The van der Waals surface area contributed by atoms with Crippen molar-refractivity contribution in [3.8, 4) is 11.5 Å². The molecule has 0 fully saturated rings. The number of hydrogen-bond acceptors (Lipinski definition) is 7. The summed E-state index contributed by atoms with van der Waals surface area (Å²) in [6.07, 6.45) is 0.244. The number of rotatable bonds is 9. The lowest BCUT2D eigenvalue weighted by Crippen LogP contribution is -2.44. The molecule has 0 saturated carbocycles. The summed E-state index contributed by atoms with van der Waals surface area (Å²) in [7, 11) is 4.13. The fraction of sp³-hybridized carbons (Fsp3) is 0.286. The monoisotopic (exact) mass is 479 g/mol.